The van der Waals surface area contributed by atoms with E-state index in [1.165, 1.54) is 12.1 Å². The van der Waals surface area contributed by atoms with Gasteiger partial charge >= 0.3 is 0 Å². The first-order valence-electron chi connectivity index (χ1n) is 9.40. The number of hydrazine groups is 1. The van der Waals surface area contributed by atoms with Gasteiger partial charge in [0, 0.05) is 23.2 Å². The predicted octanol–water partition coefficient (Wildman–Crippen LogP) is 4.16. The van der Waals surface area contributed by atoms with Crippen LogP contribution >= 0.6 is 11.6 Å². The van der Waals surface area contributed by atoms with E-state index in [-0.39, 0.29) is 17.2 Å². The summed E-state index contributed by atoms with van der Waals surface area (Å²) in [6.07, 6.45) is 3.18. The first kappa shape index (κ1) is 21.4. The SMILES string of the molecule is CC(C)CCC(=O)NNS(=O)(=O)c1ccc(Cl)cc1Cc1ccc2[nH]ccc2c1. The van der Waals surface area contributed by atoms with Gasteiger partial charge in [0.2, 0.25) is 5.91 Å². The van der Waals surface area contributed by atoms with Gasteiger partial charge in [-0.1, -0.05) is 31.5 Å². The zero-order valence-electron chi connectivity index (χ0n) is 16.3. The minimum absolute atomic E-state index is 0.0835. The summed E-state index contributed by atoms with van der Waals surface area (Å²) < 4.78 is 25.6. The summed E-state index contributed by atoms with van der Waals surface area (Å²) in [5.41, 5.74) is 4.81. The highest BCUT2D eigenvalue weighted by molar-refractivity contribution is 7.89. The largest absolute Gasteiger partial charge is 0.361 e. The minimum atomic E-state index is -3.94. The molecule has 0 atom stereocenters. The number of rotatable bonds is 8. The molecule has 1 heterocycles. The molecule has 0 unspecified atom stereocenters. The quantitative estimate of drug-likeness (QED) is 0.466. The Labute approximate surface area is 175 Å². The lowest BCUT2D eigenvalue weighted by molar-refractivity contribution is -0.121. The van der Waals surface area contributed by atoms with E-state index in [0.29, 0.717) is 29.3 Å². The molecule has 154 valence electrons. The van der Waals surface area contributed by atoms with Gasteiger partial charge < -0.3 is 4.98 Å². The van der Waals surface area contributed by atoms with Gasteiger partial charge in [-0.3, -0.25) is 10.2 Å². The van der Waals surface area contributed by atoms with Crippen LogP contribution in [-0.2, 0) is 21.2 Å². The second-order valence-electron chi connectivity index (χ2n) is 7.41. The molecule has 1 amide bonds. The number of sulfonamides is 1. The second kappa shape index (κ2) is 8.98. The zero-order valence-corrected chi connectivity index (χ0v) is 17.9. The van der Waals surface area contributed by atoms with E-state index in [0.717, 1.165) is 16.5 Å². The Hall–Kier alpha value is -2.35. The molecule has 0 aliphatic carbocycles. The van der Waals surface area contributed by atoms with Crippen molar-refractivity contribution in [2.24, 2.45) is 5.92 Å². The maximum Gasteiger partial charge on any atom is 0.257 e. The lowest BCUT2D eigenvalue weighted by Gasteiger charge is -2.13. The summed E-state index contributed by atoms with van der Waals surface area (Å²) in [6, 6.07) is 12.5. The van der Waals surface area contributed by atoms with E-state index in [4.69, 9.17) is 11.6 Å². The maximum atomic E-state index is 12.8. The van der Waals surface area contributed by atoms with E-state index in [2.05, 4.69) is 15.2 Å². The van der Waals surface area contributed by atoms with Crippen LogP contribution in [0.1, 0.15) is 37.8 Å². The third-order valence-corrected chi connectivity index (χ3v) is 6.18. The van der Waals surface area contributed by atoms with Crippen molar-refractivity contribution in [3.8, 4) is 0 Å². The van der Waals surface area contributed by atoms with Crippen LogP contribution in [0.15, 0.2) is 53.6 Å². The lowest BCUT2D eigenvalue weighted by atomic mass is 10.0. The van der Waals surface area contributed by atoms with Gasteiger partial charge in [0.1, 0.15) is 0 Å². The summed E-state index contributed by atoms with van der Waals surface area (Å²) in [5, 5.41) is 1.49. The lowest BCUT2D eigenvalue weighted by Crippen LogP contribution is -2.41. The van der Waals surface area contributed by atoms with Gasteiger partial charge in [-0.2, -0.15) is 0 Å². The molecule has 29 heavy (non-hydrogen) atoms. The second-order valence-corrected chi connectivity index (χ2v) is 9.50. The third kappa shape index (κ3) is 5.59. The maximum absolute atomic E-state index is 12.8. The number of amides is 1. The Morgan fingerprint density at radius 3 is 2.69 bits per heavy atom. The highest BCUT2D eigenvalue weighted by Crippen LogP contribution is 2.24. The molecule has 0 spiro atoms. The van der Waals surface area contributed by atoms with Crippen molar-refractivity contribution in [3.63, 3.8) is 0 Å². The van der Waals surface area contributed by atoms with Crippen molar-refractivity contribution < 1.29 is 13.2 Å². The molecule has 0 saturated carbocycles. The molecule has 3 N–H and O–H groups in total. The van der Waals surface area contributed by atoms with Crippen molar-refractivity contribution in [2.75, 3.05) is 0 Å². The molecule has 0 aliphatic heterocycles. The Balaban J connectivity index is 1.80. The molecule has 0 fully saturated rings. The minimum Gasteiger partial charge on any atom is -0.361 e. The smallest absolute Gasteiger partial charge is 0.257 e. The fraction of sp³-hybridized carbons (Fsp3) is 0.286. The van der Waals surface area contributed by atoms with Crippen LogP contribution < -0.4 is 10.3 Å². The molecule has 3 aromatic rings. The fourth-order valence-corrected chi connectivity index (χ4v) is 4.32. The standard InChI is InChI=1S/C21H24ClN3O3S/c1-14(2)3-8-21(26)24-25-29(27,28)20-7-5-18(22)13-17(20)12-15-4-6-19-16(11-15)9-10-23-19/h4-7,9-11,13-14,23,25H,3,8,12H2,1-2H3,(H,24,26). The topological polar surface area (TPSA) is 91.1 Å². The first-order chi connectivity index (χ1) is 13.7. The Bertz CT molecular complexity index is 1120. The van der Waals surface area contributed by atoms with Gasteiger partial charge in [-0.05, 0) is 71.7 Å². The van der Waals surface area contributed by atoms with Crippen molar-refractivity contribution in [1.82, 2.24) is 15.2 Å². The van der Waals surface area contributed by atoms with Crippen LogP contribution in [0, 0.1) is 5.92 Å². The predicted molar refractivity (Wildman–Crippen MR) is 115 cm³/mol. The number of hydrogen-bond donors (Lipinski definition) is 3. The average molecular weight is 434 g/mol. The fourth-order valence-electron chi connectivity index (χ4n) is 3.04. The van der Waals surface area contributed by atoms with E-state index >= 15 is 0 Å². The molecule has 3 rings (SSSR count). The highest BCUT2D eigenvalue weighted by atomic mass is 35.5. The van der Waals surface area contributed by atoms with Crippen LogP contribution in [0.4, 0.5) is 0 Å². The van der Waals surface area contributed by atoms with Gasteiger partial charge in [-0.25, -0.2) is 8.42 Å². The number of benzene rings is 2. The van der Waals surface area contributed by atoms with Crippen molar-refractivity contribution in [3.05, 3.63) is 64.8 Å². The van der Waals surface area contributed by atoms with Crippen LogP contribution in [0.2, 0.25) is 5.02 Å². The van der Waals surface area contributed by atoms with E-state index < -0.39 is 10.0 Å². The number of carbonyl (C=O) groups is 1. The third-order valence-electron chi connectivity index (χ3n) is 4.60. The number of carbonyl (C=O) groups excluding carboxylic acids is 1. The molecule has 0 saturated heterocycles. The molecule has 6 nitrogen and oxygen atoms in total. The Kier molecular flexibility index (Phi) is 6.62. The van der Waals surface area contributed by atoms with Gasteiger partial charge in [0.25, 0.3) is 10.0 Å². The van der Waals surface area contributed by atoms with E-state index in [9.17, 15) is 13.2 Å². The number of fused-ring (bicyclic) bond motifs is 1. The van der Waals surface area contributed by atoms with Crippen molar-refractivity contribution >= 4 is 38.4 Å². The van der Waals surface area contributed by atoms with Crippen LogP contribution in [-0.4, -0.2) is 19.3 Å². The summed E-state index contributed by atoms with van der Waals surface area (Å²) in [4.78, 5) is 17.3. The van der Waals surface area contributed by atoms with Crippen LogP contribution in [0.3, 0.4) is 0 Å². The summed E-state index contributed by atoms with van der Waals surface area (Å²) >= 11 is 6.12. The number of aromatic nitrogens is 1. The van der Waals surface area contributed by atoms with Gasteiger partial charge in [-0.15, -0.1) is 4.83 Å². The van der Waals surface area contributed by atoms with Gasteiger partial charge in [0.05, 0.1) is 4.90 Å². The molecule has 0 radical (unpaired) electrons. The van der Waals surface area contributed by atoms with Gasteiger partial charge in [0.15, 0.2) is 0 Å². The Morgan fingerprint density at radius 1 is 1.14 bits per heavy atom. The molecule has 0 aliphatic rings. The normalized spacial score (nSPS) is 11.9. The monoisotopic (exact) mass is 433 g/mol. The number of nitrogens with one attached hydrogen (secondary N) is 3. The molecular weight excluding hydrogens is 410 g/mol. The number of H-pyrrole nitrogens is 1. The van der Waals surface area contributed by atoms with Crippen molar-refractivity contribution in [2.45, 2.75) is 38.0 Å². The highest BCUT2D eigenvalue weighted by Gasteiger charge is 2.20. The number of aromatic amines is 1. The molecule has 8 heteroatoms. The average Bonchev–Trinajstić information content (AvgIpc) is 3.12. The summed E-state index contributed by atoms with van der Waals surface area (Å²) in [6.45, 7) is 4.00. The Morgan fingerprint density at radius 2 is 1.93 bits per heavy atom. The van der Waals surface area contributed by atoms with Crippen LogP contribution in [0.25, 0.3) is 10.9 Å². The summed E-state index contributed by atoms with van der Waals surface area (Å²) in [7, 11) is -3.94. The van der Waals surface area contributed by atoms with E-state index in [1.807, 2.05) is 44.3 Å². The number of halogens is 1. The number of hydrogen-bond acceptors (Lipinski definition) is 3. The van der Waals surface area contributed by atoms with Crippen LogP contribution in [0.5, 0.6) is 0 Å². The molecular formula is C21H24ClN3O3S. The van der Waals surface area contributed by atoms with Crippen molar-refractivity contribution in [1.29, 1.82) is 0 Å². The molecule has 0 bridgehead atoms. The van der Waals surface area contributed by atoms with E-state index in [1.54, 1.807) is 6.07 Å². The zero-order chi connectivity index (χ0) is 21.0. The first-order valence-corrected chi connectivity index (χ1v) is 11.3. The summed E-state index contributed by atoms with van der Waals surface area (Å²) in [5.74, 6) is -0.00621. The molecule has 2 aromatic carbocycles. The molecule has 1 aromatic heterocycles.